The zero-order valence-electron chi connectivity index (χ0n) is 11.2. The van der Waals surface area contributed by atoms with Crippen LogP contribution in [-0.4, -0.2) is 42.0 Å². The van der Waals surface area contributed by atoms with E-state index >= 15 is 0 Å². The largest absolute Gasteiger partial charge is 0.399 e. The van der Waals surface area contributed by atoms with Gasteiger partial charge in [0.1, 0.15) is 0 Å². The van der Waals surface area contributed by atoms with Crippen LogP contribution in [0.1, 0.15) is 19.4 Å². The Kier molecular flexibility index (Phi) is 4.65. The van der Waals surface area contributed by atoms with Crippen molar-refractivity contribution in [2.45, 2.75) is 26.4 Å². The van der Waals surface area contributed by atoms with E-state index < -0.39 is 0 Å². The molecule has 1 heterocycles. The van der Waals surface area contributed by atoms with E-state index in [0.29, 0.717) is 6.04 Å². The first-order valence-corrected chi connectivity index (χ1v) is 7.39. The first-order valence-electron chi connectivity index (χ1n) is 6.60. The highest BCUT2D eigenvalue weighted by Gasteiger charge is 2.22. The molecule has 2 rings (SSSR count). The van der Waals surface area contributed by atoms with Crippen molar-refractivity contribution < 1.29 is 0 Å². The fraction of sp³-hybridized carbons (Fsp3) is 0.571. The molecule has 2 N–H and O–H groups in total. The molecular formula is C14H22BrN3. The highest BCUT2D eigenvalue weighted by molar-refractivity contribution is 9.10. The highest BCUT2D eigenvalue weighted by Crippen LogP contribution is 2.22. The predicted octanol–water partition coefficient (Wildman–Crippen LogP) is 2.56. The van der Waals surface area contributed by atoms with E-state index in [0.717, 1.165) is 42.9 Å². The van der Waals surface area contributed by atoms with E-state index in [1.54, 1.807) is 0 Å². The molecule has 1 saturated heterocycles. The van der Waals surface area contributed by atoms with Gasteiger partial charge >= 0.3 is 0 Å². The molecule has 1 fully saturated rings. The van der Waals surface area contributed by atoms with Crippen molar-refractivity contribution >= 4 is 21.6 Å². The summed E-state index contributed by atoms with van der Waals surface area (Å²) in [6.07, 6.45) is 0. The topological polar surface area (TPSA) is 32.5 Å². The van der Waals surface area contributed by atoms with Crippen LogP contribution in [0.3, 0.4) is 0 Å². The molecule has 0 bridgehead atoms. The summed E-state index contributed by atoms with van der Waals surface area (Å²) in [5, 5.41) is 0. The molecule has 3 nitrogen and oxygen atoms in total. The summed E-state index contributed by atoms with van der Waals surface area (Å²) in [5.74, 6) is 0. The monoisotopic (exact) mass is 311 g/mol. The summed E-state index contributed by atoms with van der Waals surface area (Å²) in [5.41, 5.74) is 7.98. The van der Waals surface area contributed by atoms with Gasteiger partial charge in [-0.2, -0.15) is 0 Å². The van der Waals surface area contributed by atoms with Crippen molar-refractivity contribution in [2.75, 3.05) is 31.9 Å². The summed E-state index contributed by atoms with van der Waals surface area (Å²) in [6.45, 7) is 10.1. The molecule has 1 unspecified atom stereocenters. The van der Waals surface area contributed by atoms with Crippen molar-refractivity contribution in [2.24, 2.45) is 0 Å². The molecule has 100 valence electrons. The average Bonchev–Trinajstić information content (AvgIpc) is 2.34. The summed E-state index contributed by atoms with van der Waals surface area (Å²) in [7, 11) is 0. The SMILES string of the molecule is CCN1CCN(Cc2cc(N)ccc2Br)CC1C. The van der Waals surface area contributed by atoms with Gasteiger partial charge in [-0.3, -0.25) is 9.80 Å². The van der Waals surface area contributed by atoms with Crippen LogP contribution in [0.5, 0.6) is 0 Å². The summed E-state index contributed by atoms with van der Waals surface area (Å²) >= 11 is 3.61. The van der Waals surface area contributed by atoms with Crippen LogP contribution in [0.2, 0.25) is 0 Å². The van der Waals surface area contributed by atoms with Gasteiger partial charge in [0.15, 0.2) is 0 Å². The Bertz CT molecular complexity index is 408. The quantitative estimate of drug-likeness (QED) is 0.871. The third kappa shape index (κ3) is 3.25. The van der Waals surface area contributed by atoms with Crippen molar-refractivity contribution in [1.29, 1.82) is 0 Å². The van der Waals surface area contributed by atoms with Gasteiger partial charge in [0, 0.05) is 42.4 Å². The molecule has 0 saturated carbocycles. The van der Waals surface area contributed by atoms with Crippen LogP contribution < -0.4 is 5.73 Å². The van der Waals surface area contributed by atoms with E-state index in [1.807, 2.05) is 12.1 Å². The Balaban J connectivity index is 2.00. The zero-order valence-corrected chi connectivity index (χ0v) is 12.8. The number of hydrogen-bond donors (Lipinski definition) is 1. The molecule has 1 aromatic carbocycles. The molecule has 1 atom stereocenters. The van der Waals surface area contributed by atoms with Gasteiger partial charge in [-0.25, -0.2) is 0 Å². The lowest BCUT2D eigenvalue weighted by Crippen LogP contribution is -2.51. The molecule has 1 aromatic rings. The number of piperazine rings is 1. The molecule has 0 radical (unpaired) electrons. The Labute approximate surface area is 118 Å². The first kappa shape index (κ1) is 13.8. The van der Waals surface area contributed by atoms with E-state index in [1.165, 1.54) is 5.56 Å². The Morgan fingerprint density at radius 3 is 2.83 bits per heavy atom. The average molecular weight is 312 g/mol. The maximum atomic E-state index is 5.86. The minimum atomic E-state index is 0.642. The molecule has 0 amide bonds. The predicted molar refractivity (Wildman–Crippen MR) is 80.5 cm³/mol. The Hall–Kier alpha value is -0.580. The minimum Gasteiger partial charge on any atom is -0.399 e. The second-order valence-electron chi connectivity index (χ2n) is 5.06. The molecule has 0 spiro atoms. The molecule has 1 aliphatic rings. The zero-order chi connectivity index (χ0) is 13.1. The van der Waals surface area contributed by atoms with Gasteiger partial charge in [-0.15, -0.1) is 0 Å². The number of nitrogens with two attached hydrogens (primary N) is 1. The Morgan fingerprint density at radius 1 is 1.39 bits per heavy atom. The van der Waals surface area contributed by atoms with Gasteiger partial charge < -0.3 is 5.73 Å². The smallest absolute Gasteiger partial charge is 0.0318 e. The number of likely N-dealkylation sites (N-methyl/N-ethyl adjacent to an activating group) is 1. The third-order valence-corrected chi connectivity index (χ3v) is 4.49. The maximum Gasteiger partial charge on any atom is 0.0318 e. The van der Waals surface area contributed by atoms with Crippen molar-refractivity contribution in [1.82, 2.24) is 9.80 Å². The lowest BCUT2D eigenvalue weighted by molar-refractivity contribution is 0.0833. The molecule has 1 aliphatic heterocycles. The fourth-order valence-corrected chi connectivity index (χ4v) is 3.01. The molecule has 18 heavy (non-hydrogen) atoms. The van der Waals surface area contributed by atoms with E-state index in [9.17, 15) is 0 Å². The minimum absolute atomic E-state index is 0.642. The summed E-state index contributed by atoms with van der Waals surface area (Å²) in [6, 6.07) is 6.69. The van der Waals surface area contributed by atoms with Gasteiger partial charge in [-0.05, 0) is 37.2 Å². The lowest BCUT2D eigenvalue weighted by Gasteiger charge is -2.39. The van der Waals surface area contributed by atoms with Crippen molar-refractivity contribution in [3.63, 3.8) is 0 Å². The molecule has 0 aromatic heterocycles. The highest BCUT2D eigenvalue weighted by atomic mass is 79.9. The third-order valence-electron chi connectivity index (χ3n) is 3.72. The molecule has 0 aliphatic carbocycles. The summed E-state index contributed by atoms with van der Waals surface area (Å²) in [4.78, 5) is 5.04. The Morgan fingerprint density at radius 2 is 2.17 bits per heavy atom. The van der Waals surface area contributed by atoms with Crippen LogP contribution in [0.15, 0.2) is 22.7 Å². The van der Waals surface area contributed by atoms with Crippen LogP contribution in [-0.2, 0) is 6.54 Å². The number of halogens is 1. The van der Waals surface area contributed by atoms with E-state index in [2.05, 4.69) is 45.6 Å². The first-order chi connectivity index (χ1) is 8.60. The van der Waals surface area contributed by atoms with E-state index in [-0.39, 0.29) is 0 Å². The number of rotatable bonds is 3. The van der Waals surface area contributed by atoms with Crippen LogP contribution in [0.25, 0.3) is 0 Å². The number of nitrogen functional groups attached to an aromatic ring is 1. The molecular weight excluding hydrogens is 290 g/mol. The van der Waals surface area contributed by atoms with Crippen molar-refractivity contribution in [3.8, 4) is 0 Å². The maximum absolute atomic E-state index is 5.86. The second-order valence-corrected chi connectivity index (χ2v) is 5.92. The second kappa shape index (κ2) is 6.04. The normalized spacial score (nSPS) is 22.3. The van der Waals surface area contributed by atoms with Gasteiger partial charge in [0.05, 0.1) is 0 Å². The van der Waals surface area contributed by atoms with Gasteiger partial charge in [-0.1, -0.05) is 22.9 Å². The van der Waals surface area contributed by atoms with E-state index in [4.69, 9.17) is 5.73 Å². The number of nitrogens with zero attached hydrogens (tertiary/aromatic N) is 2. The summed E-state index contributed by atoms with van der Waals surface area (Å²) < 4.78 is 1.15. The number of hydrogen-bond acceptors (Lipinski definition) is 3. The number of benzene rings is 1. The standard InChI is InChI=1S/C14H22BrN3/c1-3-18-7-6-17(9-11(18)2)10-12-8-13(16)4-5-14(12)15/h4-5,8,11H,3,6-7,9-10,16H2,1-2H3. The number of anilines is 1. The van der Waals surface area contributed by atoms with Crippen LogP contribution >= 0.6 is 15.9 Å². The molecule has 4 heteroatoms. The van der Waals surface area contributed by atoms with Gasteiger partial charge in [0.25, 0.3) is 0 Å². The van der Waals surface area contributed by atoms with Crippen molar-refractivity contribution in [3.05, 3.63) is 28.2 Å². The van der Waals surface area contributed by atoms with Crippen LogP contribution in [0, 0.1) is 0 Å². The lowest BCUT2D eigenvalue weighted by atomic mass is 10.1. The van der Waals surface area contributed by atoms with Crippen LogP contribution in [0.4, 0.5) is 5.69 Å². The van der Waals surface area contributed by atoms with Gasteiger partial charge in [0.2, 0.25) is 0 Å². The fourth-order valence-electron chi connectivity index (χ4n) is 2.64.